The lowest BCUT2D eigenvalue weighted by Crippen LogP contribution is -2.21. The highest BCUT2D eigenvalue weighted by molar-refractivity contribution is 5.72. The Morgan fingerprint density at radius 1 is 1.06 bits per heavy atom. The summed E-state index contributed by atoms with van der Waals surface area (Å²) in [5, 5.41) is 17.4. The van der Waals surface area contributed by atoms with Crippen molar-refractivity contribution in [1.29, 1.82) is 5.26 Å². The van der Waals surface area contributed by atoms with E-state index in [-0.39, 0.29) is 5.88 Å². The largest absolute Gasteiger partial charge is 0.494 e. The lowest BCUT2D eigenvalue weighted by Gasteiger charge is -2.25. The number of aromatic nitrogens is 2. The molecule has 0 radical (unpaired) electrons. The maximum Gasteiger partial charge on any atom is 0.244 e. The molecule has 0 spiro atoms. The van der Waals surface area contributed by atoms with E-state index in [1.165, 1.54) is 0 Å². The molecule has 4 rings (SSSR count). The molecule has 0 saturated heterocycles. The van der Waals surface area contributed by atoms with Crippen molar-refractivity contribution in [3.8, 4) is 34.7 Å². The summed E-state index contributed by atoms with van der Waals surface area (Å²) in [4.78, 5) is 0. The number of nitrogens with one attached hydrogen (secondary N) is 1. The number of hydrogen-bond donors (Lipinski definition) is 2. The van der Waals surface area contributed by atoms with Crippen molar-refractivity contribution in [2.24, 2.45) is 5.73 Å². The van der Waals surface area contributed by atoms with Crippen LogP contribution in [0, 0.1) is 11.3 Å². The summed E-state index contributed by atoms with van der Waals surface area (Å²) in [5.41, 5.74) is 9.71. The molecule has 0 fully saturated rings. The number of hydrogen-bond acceptors (Lipinski definition) is 6. The number of allylic oxidation sites excluding steroid dienone is 1. The molecule has 0 saturated carbocycles. The SMILES string of the molecule is CCCOc1ccc(-c2[nH]nc3c2C(c2ccccc2OCCC)C(C#N)=C(N)O3)cc1. The van der Waals surface area contributed by atoms with Crippen molar-refractivity contribution < 1.29 is 14.2 Å². The molecule has 1 aliphatic rings. The molecule has 7 nitrogen and oxygen atoms in total. The van der Waals surface area contributed by atoms with Crippen molar-refractivity contribution in [2.75, 3.05) is 13.2 Å². The molecule has 3 aromatic rings. The van der Waals surface area contributed by atoms with E-state index in [0.717, 1.165) is 41.0 Å². The first-order valence-electron chi connectivity index (χ1n) is 10.8. The number of ether oxygens (including phenoxy) is 3. The van der Waals surface area contributed by atoms with Crippen molar-refractivity contribution in [3.05, 3.63) is 71.1 Å². The maximum atomic E-state index is 9.95. The normalized spacial score (nSPS) is 15.0. The first kappa shape index (κ1) is 21.3. The van der Waals surface area contributed by atoms with Gasteiger partial charge in [-0.05, 0) is 43.2 Å². The molecular weight excluding hydrogens is 404 g/mol. The van der Waals surface area contributed by atoms with E-state index in [2.05, 4.69) is 30.1 Å². The Kier molecular flexibility index (Phi) is 6.31. The molecule has 1 aliphatic heterocycles. The smallest absolute Gasteiger partial charge is 0.244 e. The predicted molar refractivity (Wildman–Crippen MR) is 121 cm³/mol. The number of benzene rings is 2. The Morgan fingerprint density at radius 3 is 2.50 bits per heavy atom. The van der Waals surface area contributed by atoms with Gasteiger partial charge in [-0.25, -0.2) is 0 Å². The monoisotopic (exact) mass is 430 g/mol. The average molecular weight is 431 g/mol. The molecule has 1 atom stereocenters. The van der Waals surface area contributed by atoms with Gasteiger partial charge in [0.25, 0.3) is 0 Å². The summed E-state index contributed by atoms with van der Waals surface area (Å²) in [6, 6.07) is 17.7. The predicted octanol–water partition coefficient (Wildman–Crippen LogP) is 4.87. The first-order valence-corrected chi connectivity index (χ1v) is 10.8. The van der Waals surface area contributed by atoms with Gasteiger partial charge < -0.3 is 19.9 Å². The molecule has 0 amide bonds. The van der Waals surface area contributed by atoms with Gasteiger partial charge in [-0.15, -0.1) is 5.10 Å². The Bertz CT molecular complexity index is 1160. The maximum absolute atomic E-state index is 9.95. The molecule has 1 aromatic heterocycles. The fourth-order valence-corrected chi connectivity index (χ4v) is 3.78. The lowest BCUT2D eigenvalue weighted by molar-refractivity contribution is 0.312. The van der Waals surface area contributed by atoms with Gasteiger partial charge in [0.2, 0.25) is 11.8 Å². The molecule has 2 aromatic carbocycles. The number of H-pyrrole nitrogens is 1. The minimum atomic E-state index is -0.471. The molecule has 2 heterocycles. The zero-order chi connectivity index (χ0) is 22.5. The molecular formula is C25H26N4O3. The van der Waals surface area contributed by atoms with Crippen LogP contribution in [0.15, 0.2) is 60.0 Å². The van der Waals surface area contributed by atoms with Gasteiger partial charge in [-0.1, -0.05) is 32.0 Å². The number of nitriles is 1. The summed E-state index contributed by atoms with van der Waals surface area (Å²) in [7, 11) is 0. The van der Waals surface area contributed by atoms with E-state index in [1.54, 1.807) is 0 Å². The number of para-hydroxylation sites is 1. The van der Waals surface area contributed by atoms with Gasteiger partial charge in [0, 0.05) is 11.1 Å². The zero-order valence-corrected chi connectivity index (χ0v) is 18.2. The number of aromatic amines is 1. The van der Waals surface area contributed by atoms with Crippen molar-refractivity contribution in [3.63, 3.8) is 0 Å². The van der Waals surface area contributed by atoms with Crippen molar-refractivity contribution in [1.82, 2.24) is 10.2 Å². The van der Waals surface area contributed by atoms with E-state index in [0.29, 0.717) is 30.4 Å². The third-order valence-electron chi connectivity index (χ3n) is 5.25. The quantitative estimate of drug-likeness (QED) is 0.528. The standard InChI is InChI=1S/C25H26N4O3/c1-3-13-30-17-11-9-16(10-12-17)23-22-21(18-7-5-6-8-20(18)31-14-4-2)19(15-26)24(27)32-25(22)29-28-23/h5-12,21H,3-4,13-14,27H2,1-2H3,(H,28,29). The summed E-state index contributed by atoms with van der Waals surface area (Å²) in [6.07, 6.45) is 1.82. The number of rotatable bonds is 8. The molecule has 0 bridgehead atoms. The lowest BCUT2D eigenvalue weighted by atomic mass is 9.82. The molecule has 32 heavy (non-hydrogen) atoms. The Hall–Kier alpha value is -3.92. The Balaban J connectivity index is 1.82. The van der Waals surface area contributed by atoms with Gasteiger partial charge in [0.1, 0.15) is 23.1 Å². The van der Waals surface area contributed by atoms with E-state index >= 15 is 0 Å². The second-order valence-electron chi connectivity index (χ2n) is 7.50. The summed E-state index contributed by atoms with van der Waals surface area (Å²) >= 11 is 0. The van der Waals surface area contributed by atoms with Crippen LogP contribution in [0.1, 0.15) is 43.7 Å². The van der Waals surface area contributed by atoms with Gasteiger partial charge in [-0.2, -0.15) is 5.26 Å². The van der Waals surface area contributed by atoms with Crippen LogP contribution in [0.3, 0.4) is 0 Å². The number of fused-ring (bicyclic) bond motifs is 1. The van der Waals surface area contributed by atoms with Gasteiger partial charge in [0.05, 0.1) is 30.4 Å². The average Bonchev–Trinajstić information content (AvgIpc) is 3.24. The topological polar surface area (TPSA) is 106 Å². The third-order valence-corrected chi connectivity index (χ3v) is 5.25. The molecule has 164 valence electrons. The van der Waals surface area contributed by atoms with Gasteiger partial charge >= 0.3 is 0 Å². The third kappa shape index (κ3) is 4.00. The summed E-state index contributed by atoms with van der Waals surface area (Å²) < 4.78 is 17.4. The van der Waals surface area contributed by atoms with E-state index in [9.17, 15) is 5.26 Å². The van der Waals surface area contributed by atoms with E-state index in [1.807, 2.05) is 48.5 Å². The fraction of sp³-hybridized carbons (Fsp3) is 0.280. The van der Waals surface area contributed by atoms with Crippen LogP contribution in [0.4, 0.5) is 0 Å². The Labute approximate surface area is 187 Å². The van der Waals surface area contributed by atoms with Crippen molar-refractivity contribution in [2.45, 2.75) is 32.6 Å². The molecule has 1 unspecified atom stereocenters. The summed E-state index contributed by atoms with van der Waals surface area (Å²) in [5.74, 6) is 1.46. The molecule has 3 N–H and O–H groups in total. The van der Waals surface area contributed by atoms with Crippen LogP contribution in [-0.2, 0) is 0 Å². The highest BCUT2D eigenvalue weighted by Gasteiger charge is 2.37. The van der Waals surface area contributed by atoms with Crippen LogP contribution >= 0.6 is 0 Å². The van der Waals surface area contributed by atoms with Crippen LogP contribution in [0.2, 0.25) is 0 Å². The summed E-state index contributed by atoms with van der Waals surface area (Å²) in [6.45, 7) is 5.36. The fourth-order valence-electron chi connectivity index (χ4n) is 3.78. The van der Waals surface area contributed by atoms with Crippen LogP contribution in [-0.4, -0.2) is 23.4 Å². The first-order chi connectivity index (χ1) is 15.7. The highest BCUT2D eigenvalue weighted by Crippen LogP contribution is 2.47. The zero-order valence-electron chi connectivity index (χ0n) is 18.2. The van der Waals surface area contributed by atoms with E-state index < -0.39 is 5.92 Å². The molecule has 0 aliphatic carbocycles. The minimum Gasteiger partial charge on any atom is -0.494 e. The second-order valence-corrected chi connectivity index (χ2v) is 7.50. The van der Waals surface area contributed by atoms with Crippen LogP contribution in [0.25, 0.3) is 11.3 Å². The van der Waals surface area contributed by atoms with Crippen LogP contribution in [0.5, 0.6) is 17.4 Å². The second kappa shape index (κ2) is 9.48. The minimum absolute atomic E-state index is 0.0525. The van der Waals surface area contributed by atoms with E-state index in [4.69, 9.17) is 19.9 Å². The highest BCUT2D eigenvalue weighted by atomic mass is 16.5. The number of nitrogens with zero attached hydrogens (tertiary/aromatic N) is 2. The number of nitrogens with two attached hydrogens (primary N) is 1. The van der Waals surface area contributed by atoms with Crippen molar-refractivity contribution >= 4 is 0 Å². The van der Waals surface area contributed by atoms with Gasteiger partial charge in [-0.3, -0.25) is 5.10 Å². The Morgan fingerprint density at radius 2 is 1.78 bits per heavy atom. The molecule has 7 heteroatoms. The van der Waals surface area contributed by atoms with Gasteiger partial charge in [0.15, 0.2) is 0 Å². The van der Waals surface area contributed by atoms with Crippen LogP contribution < -0.4 is 19.9 Å².